The molecule has 1 aromatic carbocycles. The summed E-state index contributed by atoms with van der Waals surface area (Å²) in [5.41, 5.74) is 0.536. The number of aromatic nitrogens is 1. The van der Waals surface area contributed by atoms with Gasteiger partial charge in [-0.2, -0.15) is 0 Å². The van der Waals surface area contributed by atoms with Crippen LogP contribution in [0, 0.1) is 0 Å². The van der Waals surface area contributed by atoms with Crippen molar-refractivity contribution in [3.05, 3.63) is 48.8 Å². The van der Waals surface area contributed by atoms with Gasteiger partial charge in [-0.1, -0.05) is 24.3 Å². The van der Waals surface area contributed by atoms with Crippen molar-refractivity contribution in [1.82, 2.24) is 10.3 Å². The molecule has 1 N–H and O–H groups in total. The molecule has 1 aliphatic rings. The lowest BCUT2D eigenvalue weighted by molar-refractivity contribution is 0.575. The predicted molar refractivity (Wildman–Crippen MR) is 69.6 cm³/mol. The Labute approximate surface area is 105 Å². The molecule has 3 rings (SSSR count). The van der Waals surface area contributed by atoms with E-state index in [-0.39, 0.29) is 0 Å². The first-order valence-electron chi connectivity index (χ1n) is 5.68. The zero-order chi connectivity index (χ0) is 12.6. The average Bonchev–Trinajstić information content (AvgIpc) is 2.92. The molecule has 0 saturated carbocycles. The summed E-state index contributed by atoms with van der Waals surface area (Å²) in [7, 11) is -3.40. The van der Waals surface area contributed by atoms with Crippen molar-refractivity contribution in [3.8, 4) is 0 Å². The summed E-state index contributed by atoms with van der Waals surface area (Å²) in [5.74, 6) is 0. The summed E-state index contributed by atoms with van der Waals surface area (Å²) in [5, 5.41) is 3.12. The monoisotopic (exact) mass is 260 g/mol. The lowest BCUT2D eigenvalue weighted by atomic mass is 10.2. The third-order valence-electron chi connectivity index (χ3n) is 3.03. The highest BCUT2D eigenvalue weighted by Gasteiger charge is 2.29. The molecule has 4 nitrogen and oxygen atoms in total. The number of rotatable bonds is 2. The third kappa shape index (κ3) is 1.67. The lowest BCUT2D eigenvalue weighted by Crippen LogP contribution is -2.29. The van der Waals surface area contributed by atoms with E-state index in [1.807, 2.05) is 18.2 Å². The summed E-state index contributed by atoms with van der Waals surface area (Å²) >= 11 is 0. The number of hydrogen-bond donors (Lipinski definition) is 1. The summed E-state index contributed by atoms with van der Waals surface area (Å²) < 4.78 is 25.0. The van der Waals surface area contributed by atoms with Crippen molar-refractivity contribution in [1.29, 1.82) is 0 Å². The number of sulfone groups is 1. The van der Waals surface area contributed by atoms with Gasteiger partial charge in [0.25, 0.3) is 0 Å². The van der Waals surface area contributed by atoms with Gasteiger partial charge in [0.05, 0.1) is 10.4 Å². The van der Waals surface area contributed by atoms with Crippen molar-refractivity contribution in [3.63, 3.8) is 0 Å². The van der Waals surface area contributed by atoms with Crippen LogP contribution in [-0.4, -0.2) is 18.8 Å². The Morgan fingerprint density at radius 3 is 2.83 bits per heavy atom. The fourth-order valence-corrected chi connectivity index (χ4v) is 3.75. The molecule has 1 aliphatic heterocycles. The molecule has 0 amide bonds. The zero-order valence-electron chi connectivity index (χ0n) is 9.58. The molecule has 0 spiro atoms. The minimum atomic E-state index is -3.40. The smallest absolute Gasteiger partial charge is 0.201 e. The maximum absolute atomic E-state index is 12.5. The maximum Gasteiger partial charge on any atom is 0.201 e. The highest BCUT2D eigenvalue weighted by molar-refractivity contribution is 7.92. The van der Waals surface area contributed by atoms with Crippen LogP contribution in [0.3, 0.4) is 0 Å². The Hall–Kier alpha value is -1.88. The highest BCUT2D eigenvalue weighted by atomic mass is 32.2. The Morgan fingerprint density at radius 1 is 1.22 bits per heavy atom. The van der Waals surface area contributed by atoms with Crippen LogP contribution in [-0.2, 0) is 9.84 Å². The van der Waals surface area contributed by atoms with Gasteiger partial charge < -0.3 is 5.32 Å². The number of pyridine rings is 1. The molecule has 0 saturated heterocycles. The van der Waals surface area contributed by atoms with E-state index in [1.165, 1.54) is 0 Å². The van der Waals surface area contributed by atoms with E-state index in [0.29, 0.717) is 16.8 Å². The van der Waals surface area contributed by atoms with E-state index < -0.39 is 15.2 Å². The average molecular weight is 260 g/mol. The number of para-hydroxylation sites is 1. The summed E-state index contributed by atoms with van der Waals surface area (Å²) in [6.45, 7) is 0. The second-order valence-electron chi connectivity index (χ2n) is 4.17. The molecule has 0 radical (unpaired) electrons. The van der Waals surface area contributed by atoms with Gasteiger partial charge in [0.15, 0.2) is 0 Å². The minimum Gasteiger partial charge on any atom is -0.375 e. The normalized spacial score (nSPS) is 19.0. The molecule has 1 atom stereocenters. The van der Waals surface area contributed by atoms with Gasteiger partial charge in [-0.05, 0) is 18.3 Å². The van der Waals surface area contributed by atoms with Crippen LogP contribution in [0.25, 0.3) is 10.9 Å². The van der Waals surface area contributed by atoms with Crippen LogP contribution in [0.2, 0.25) is 0 Å². The Bertz CT molecular complexity index is 709. The van der Waals surface area contributed by atoms with Crippen LogP contribution >= 0.6 is 0 Å². The molecule has 0 fully saturated rings. The minimum absolute atomic E-state index is 0.293. The number of hydrogen-bond acceptors (Lipinski definition) is 4. The number of benzene rings is 1. The van der Waals surface area contributed by atoms with Crippen LogP contribution in [0.15, 0.2) is 53.7 Å². The van der Waals surface area contributed by atoms with Gasteiger partial charge in [-0.25, -0.2) is 8.42 Å². The molecule has 92 valence electrons. The second-order valence-corrected chi connectivity index (χ2v) is 6.27. The molecule has 1 unspecified atom stereocenters. The van der Waals surface area contributed by atoms with Crippen molar-refractivity contribution in [2.45, 2.75) is 16.7 Å². The third-order valence-corrected chi connectivity index (χ3v) is 5.05. The quantitative estimate of drug-likeness (QED) is 0.895. The van der Waals surface area contributed by atoms with Crippen molar-refractivity contribution in [2.24, 2.45) is 0 Å². The fraction of sp³-hybridized carbons (Fsp3) is 0.154. The number of nitrogens with one attached hydrogen (secondary N) is 1. The van der Waals surface area contributed by atoms with Gasteiger partial charge in [0.1, 0.15) is 5.37 Å². The predicted octanol–water partition coefficient (Wildman–Crippen LogP) is 1.84. The topological polar surface area (TPSA) is 59.1 Å². The van der Waals surface area contributed by atoms with Gasteiger partial charge in [0.2, 0.25) is 9.84 Å². The van der Waals surface area contributed by atoms with E-state index in [4.69, 9.17) is 0 Å². The Balaban J connectivity index is 2.20. The second kappa shape index (κ2) is 4.10. The van der Waals surface area contributed by atoms with E-state index in [9.17, 15) is 8.42 Å². The van der Waals surface area contributed by atoms with Crippen LogP contribution < -0.4 is 5.32 Å². The molecule has 1 aromatic heterocycles. The Morgan fingerprint density at radius 2 is 2.06 bits per heavy atom. The van der Waals surface area contributed by atoms with Gasteiger partial charge in [-0.3, -0.25) is 4.98 Å². The molecule has 0 bridgehead atoms. The number of fused-ring (bicyclic) bond motifs is 1. The Kier molecular flexibility index (Phi) is 2.56. The van der Waals surface area contributed by atoms with E-state index in [0.717, 1.165) is 5.39 Å². The first-order valence-corrected chi connectivity index (χ1v) is 7.23. The lowest BCUT2D eigenvalue weighted by Gasteiger charge is -2.13. The summed E-state index contributed by atoms with van der Waals surface area (Å²) in [6.07, 6.45) is 5.61. The number of nitrogens with zero attached hydrogens (tertiary/aromatic N) is 1. The molecular weight excluding hydrogens is 248 g/mol. The van der Waals surface area contributed by atoms with Crippen molar-refractivity contribution in [2.75, 3.05) is 0 Å². The molecule has 2 heterocycles. The van der Waals surface area contributed by atoms with Crippen LogP contribution in [0.1, 0.15) is 6.42 Å². The molecule has 5 heteroatoms. The molecule has 0 aliphatic carbocycles. The zero-order valence-corrected chi connectivity index (χ0v) is 10.4. The molecule has 18 heavy (non-hydrogen) atoms. The first-order chi connectivity index (χ1) is 8.69. The highest BCUT2D eigenvalue weighted by Crippen LogP contribution is 2.25. The summed E-state index contributed by atoms with van der Waals surface area (Å²) in [4.78, 5) is 4.48. The SMILES string of the molecule is O=S(=O)(c1cccc2cccnc12)C1CC=CN1. The largest absolute Gasteiger partial charge is 0.375 e. The van der Waals surface area contributed by atoms with Gasteiger partial charge >= 0.3 is 0 Å². The van der Waals surface area contributed by atoms with E-state index >= 15 is 0 Å². The van der Waals surface area contributed by atoms with E-state index in [2.05, 4.69) is 10.3 Å². The molecular formula is C13H12N2O2S. The van der Waals surface area contributed by atoms with Crippen molar-refractivity contribution < 1.29 is 8.42 Å². The van der Waals surface area contributed by atoms with Crippen molar-refractivity contribution >= 4 is 20.7 Å². The molecule has 2 aromatic rings. The van der Waals surface area contributed by atoms with Gasteiger partial charge in [0, 0.05) is 18.0 Å². The maximum atomic E-state index is 12.5. The van der Waals surface area contributed by atoms with E-state index in [1.54, 1.807) is 30.6 Å². The van der Waals surface area contributed by atoms with Crippen LogP contribution in [0.5, 0.6) is 0 Å². The standard InChI is InChI=1S/C13H12N2O2S/c16-18(17,12-7-3-8-14-12)11-6-1-4-10-5-2-9-15-13(10)11/h1-6,8-9,12,14H,7H2. The first kappa shape index (κ1) is 11.2. The van der Waals surface area contributed by atoms with Crippen LogP contribution in [0.4, 0.5) is 0 Å². The summed E-state index contributed by atoms with van der Waals surface area (Å²) in [6, 6.07) is 8.89. The fourth-order valence-electron chi connectivity index (χ4n) is 2.11. The van der Waals surface area contributed by atoms with Gasteiger partial charge in [-0.15, -0.1) is 0 Å².